The van der Waals surface area contributed by atoms with E-state index < -0.39 is 0 Å². The first kappa shape index (κ1) is 13.8. The molecule has 0 radical (unpaired) electrons. The van der Waals surface area contributed by atoms with Crippen LogP contribution in [-0.4, -0.2) is 0 Å². The largest absolute Gasteiger partial charge is 0.0831 e. The van der Waals surface area contributed by atoms with E-state index in [0.717, 1.165) is 15.1 Å². The number of benzene rings is 4. The molecule has 0 saturated heterocycles. The van der Waals surface area contributed by atoms with Crippen LogP contribution < -0.4 is 0 Å². The predicted molar refractivity (Wildman–Crippen MR) is 99.6 cm³/mol. The second kappa shape index (κ2) is 5.42. The summed E-state index contributed by atoms with van der Waals surface area (Å²) in [5.74, 6) is 0. The van der Waals surface area contributed by atoms with Gasteiger partial charge in [-0.25, -0.2) is 0 Å². The monoisotopic (exact) mass is 366 g/mol. The molecule has 0 atom stereocenters. The molecule has 0 aliphatic rings. The van der Waals surface area contributed by atoms with Crippen LogP contribution >= 0.6 is 27.5 Å². The molecule has 0 fully saturated rings. The van der Waals surface area contributed by atoms with Crippen molar-refractivity contribution in [2.45, 2.75) is 0 Å². The molecular weight excluding hydrogens is 356 g/mol. The van der Waals surface area contributed by atoms with Crippen LogP contribution in [0.15, 0.2) is 77.3 Å². The summed E-state index contributed by atoms with van der Waals surface area (Å²) in [5.41, 5.74) is 2.31. The van der Waals surface area contributed by atoms with Crippen LogP contribution in [0.5, 0.6) is 0 Å². The first-order valence-corrected chi connectivity index (χ1v) is 8.27. The molecule has 0 nitrogen and oxygen atoms in total. The van der Waals surface area contributed by atoms with Gasteiger partial charge in [0.1, 0.15) is 0 Å². The zero-order valence-corrected chi connectivity index (χ0v) is 14.0. The normalized spacial score (nSPS) is 11.2. The average Bonchev–Trinajstić information content (AvgIpc) is 2.57. The first-order valence-electron chi connectivity index (χ1n) is 7.10. The quantitative estimate of drug-likeness (QED) is 0.315. The van der Waals surface area contributed by atoms with Crippen molar-refractivity contribution < 1.29 is 0 Å². The van der Waals surface area contributed by atoms with Crippen LogP contribution in [0, 0.1) is 0 Å². The molecule has 106 valence electrons. The number of hydrogen-bond acceptors (Lipinski definition) is 0. The summed E-state index contributed by atoms with van der Waals surface area (Å²) in [6.45, 7) is 0. The molecule has 0 aliphatic carbocycles. The molecule has 4 aromatic rings. The highest BCUT2D eigenvalue weighted by molar-refractivity contribution is 9.10. The van der Waals surface area contributed by atoms with Gasteiger partial charge in [0.15, 0.2) is 0 Å². The van der Waals surface area contributed by atoms with Crippen LogP contribution in [0.3, 0.4) is 0 Å². The Kier molecular flexibility index (Phi) is 3.40. The molecule has 0 unspecified atom stereocenters. The molecule has 2 heteroatoms. The third-order valence-corrected chi connectivity index (χ3v) is 5.43. The van der Waals surface area contributed by atoms with Gasteiger partial charge < -0.3 is 0 Å². The number of rotatable bonds is 1. The molecular formula is C20H12BrCl. The van der Waals surface area contributed by atoms with Crippen molar-refractivity contribution >= 4 is 49.1 Å². The lowest BCUT2D eigenvalue weighted by Crippen LogP contribution is -1.85. The van der Waals surface area contributed by atoms with Crippen molar-refractivity contribution in [3.8, 4) is 11.1 Å². The fourth-order valence-electron chi connectivity index (χ4n) is 2.99. The summed E-state index contributed by atoms with van der Waals surface area (Å²) in [4.78, 5) is 0. The van der Waals surface area contributed by atoms with Gasteiger partial charge in [0, 0.05) is 4.47 Å². The van der Waals surface area contributed by atoms with Crippen LogP contribution in [0.2, 0.25) is 5.02 Å². The molecule has 0 N–H and O–H groups in total. The van der Waals surface area contributed by atoms with Gasteiger partial charge in [-0.05, 0) is 54.7 Å². The van der Waals surface area contributed by atoms with Crippen LogP contribution in [-0.2, 0) is 0 Å². The van der Waals surface area contributed by atoms with E-state index in [1.807, 2.05) is 12.1 Å². The Hall–Kier alpha value is -1.83. The highest BCUT2D eigenvalue weighted by atomic mass is 79.9. The Morgan fingerprint density at radius 2 is 1.32 bits per heavy atom. The van der Waals surface area contributed by atoms with E-state index in [1.54, 1.807) is 0 Å². The van der Waals surface area contributed by atoms with Crippen molar-refractivity contribution in [3.05, 3.63) is 82.3 Å². The molecule has 4 aromatic carbocycles. The van der Waals surface area contributed by atoms with E-state index >= 15 is 0 Å². The molecule has 0 aromatic heterocycles. The molecule has 0 amide bonds. The summed E-state index contributed by atoms with van der Waals surface area (Å²) < 4.78 is 0.942. The maximum absolute atomic E-state index is 6.26. The Balaban J connectivity index is 2.11. The van der Waals surface area contributed by atoms with E-state index in [9.17, 15) is 0 Å². The summed E-state index contributed by atoms with van der Waals surface area (Å²) in [7, 11) is 0. The number of fused-ring (bicyclic) bond motifs is 3. The van der Waals surface area contributed by atoms with Crippen LogP contribution in [0.1, 0.15) is 0 Å². The Labute approximate surface area is 142 Å². The second-order valence-corrected chi connectivity index (χ2v) is 6.49. The average molecular weight is 368 g/mol. The van der Waals surface area contributed by atoms with Gasteiger partial charge in [-0.15, -0.1) is 0 Å². The molecule has 4 rings (SSSR count). The van der Waals surface area contributed by atoms with Crippen molar-refractivity contribution in [1.82, 2.24) is 0 Å². The molecule has 0 aliphatic heterocycles. The fourth-order valence-corrected chi connectivity index (χ4v) is 3.64. The molecule has 22 heavy (non-hydrogen) atoms. The summed E-state index contributed by atoms with van der Waals surface area (Å²) in [6, 6.07) is 25.3. The van der Waals surface area contributed by atoms with Gasteiger partial charge in [-0.2, -0.15) is 0 Å². The van der Waals surface area contributed by atoms with Crippen molar-refractivity contribution in [1.29, 1.82) is 0 Å². The lowest BCUT2D eigenvalue weighted by atomic mass is 9.95. The zero-order chi connectivity index (χ0) is 15.1. The predicted octanol–water partition coefficient (Wildman–Crippen LogP) is 7.08. The lowest BCUT2D eigenvalue weighted by molar-refractivity contribution is 1.61. The summed E-state index contributed by atoms with van der Waals surface area (Å²) in [5, 5.41) is 5.78. The lowest BCUT2D eigenvalue weighted by Gasteiger charge is -2.11. The van der Waals surface area contributed by atoms with E-state index in [2.05, 4.69) is 76.6 Å². The standard InChI is InChI=1S/C20H12BrCl/c21-20-18(9-4-10-19(20)22)16-8-3-7-15-14-6-2-1-5-13(14)11-12-17(15)16/h1-12H. The van der Waals surface area contributed by atoms with Gasteiger partial charge in [-0.1, -0.05) is 78.3 Å². The summed E-state index contributed by atoms with van der Waals surface area (Å²) in [6.07, 6.45) is 0. The van der Waals surface area contributed by atoms with E-state index in [1.165, 1.54) is 27.1 Å². The van der Waals surface area contributed by atoms with Gasteiger partial charge in [-0.3, -0.25) is 0 Å². The second-order valence-electron chi connectivity index (χ2n) is 5.29. The first-order chi connectivity index (χ1) is 10.8. The molecule has 0 spiro atoms. The highest BCUT2D eigenvalue weighted by Crippen LogP contribution is 2.38. The number of hydrogen-bond donors (Lipinski definition) is 0. The Morgan fingerprint density at radius 3 is 2.23 bits per heavy atom. The minimum Gasteiger partial charge on any atom is -0.0831 e. The van der Waals surface area contributed by atoms with E-state index in [0.29, 0.717) is 0 Å². The smallest absolute Gasteiger partial charge is 0.0554 e. The topological polar surface area (TPSA) is 0 Å². The minimum atomic E-state index is 0.732. The Bertz CT molecular complexity index is 1000. The molecule has 0 bridgehead atoms. The third kappa shape index (κ3) is 2.13. The van der Waals surface area contributed by atoms with Gasteiger partial charge in [0.2, 0.25) is 0 Å². The van der Waals surface area contributed by atoms with E-state index in [-0.39, 0.29) is 0 Å². The van der Waals surface area contributed by atoms with Crippen molar-refractivity contribution in [2.75, 3.05) is 0 Å². The van der Waals surface area contributed by atoms with E-state index in [4.69, 9.17) is 11.6 Å². The van der Waals surface area contributed by atoms with Gasteiger partial charge in [0.25, 0.3) is 0 Å². The number of halogens is 2. The SMILES string of the molecule is Clc1cccc(-c2cccc3c2ccc2ccccc23)c1Br. The van der Waals surface area contributed by atoms with Crippen molar-refractivity contribution in [2.24, 2.45) is 0 Å². The fraction of sp³-hybridized carbons (Fsp3) is 0. The minimum absolute atomic E-state index is 0.732. The third-order valence-electron chi connectivity index (χ3n) is 4.03. The molecule has 0 heterocycles. The highest BCUT2D eigenvalue weighted by Gasteiger charge is 2.10. The maximum Gasteiger partial charge on any atom is 0.0554 e. The zero-order valence-electron chi connectivity index (χ0n) is 11.7. The van der Waals surface area contributed by atoms with Crippen molar-refractivity contribution in [3.63, 3.8) is 0 Å². The Morgan fingerprint density at radius 1 is 0.591 bits per heavy atom. The van der Waals surface area contributed by atoms with Gasteiger partial charge in [0.05, 0.1) is 5.02 Å². The molecule has 0 saturated carbocycles. The van der Waals surface area contributed by atoms with Crippen LogP contribution in [0.25, 0.3) is 32.7 Å². The summed E-state index contributed by atoms with van der Waals surface area (Å²) >= 11 is 9.88. The van der Waals surface area contributed by atoms with Crippen LogP contribution in [0.4, 0.5) is 0 Å². The maximum atomic E-state index is 6.26. The van der Waals surface area contributed by atoms with Gasteiger partial charge >= 0.3 is 0 Å².